The Hall–Kier alpha value is -1.15. The molecule has 0 bridgehead atoms. The molecule has 0 fully saturated rings. The minimum Gasteiger partial charge on any atom is -0.328 e. The zero-order chi connectivity index (χ0) is 13.3. The molecule has 2 heterocycles. The molecule has 0 aliphatic carbocycles. The fourth-order valence-corrected chi connectivity index (χ4v) is 2.44. The number of aromatic nitrogens is 4. The van der Waals surface area contributed by atoms with Crippen LogP contribution in [0.25, 0.3) is 11.2 Å². The van der Waals surface area contributed by atoms with Crippen molar-refractivity contribution in [1.82, 2.24) is 24.4 Å². The summed E-state index contributed by atoms with van der Waals surface area (Å²) in [6.45, 7) is 1.94. The van der Waals surface area contributed by atoms with Gasteiger partial charge in [0.1, 0.15) is 10.5 Å². The Balaban J connectivity index is 2.47. The summed E-state index contributed by atoms with van der Waals surface area (Å²) in [6.07, 6.45) is 3.61. The van der Waals surface area contributed by atoms with Crippen LogP contribution in [-0.4, -0.2) is 43.6 Å². The maximum Gasteiger partial charge on any atom is 0.220 e. The Morgan fingerprint density at radius 2 is 2.28 bits per heavy atom. The van der Waals surface area contributed by atoms with Gasteiger partial charge in [-0.3, -0.25) is 9.36 Å². The maximum atomic E-state index is 11.2. The van der Waals surface area contributed by atoms with Crippen LogP contribution in [0.5, 0.6) is 0 Å². The van der Waals surface area contributed by atoms with E-state index < -0.39 is 0 Å². The molecule has 0 aliphatic rings. The minimum atomic E-state index is -0.00457. The van der Waals surface area contributed by atoms with Gasteiger partial charge in [0.15, 0.2) is 10.4 Å². The standard InChI is InChI=1S/C10H12BrN5OS/c1-6(17)15(2)5-16-4-12-7-8(16)13-10(11)14-9(7)18-3/h4H,5H2,1-3H3. The van der Waals surface area contributed by atoms with Crippen molar-refractivity contribution in [2.75, 3.05) is 13.3 Å². The summed E-state index contributed by atoms with van der Waals surface area (Å²) < 4.78 is 2.34. The van der Waals surface area contributed by atoms with Crippen LogP contribution in [0.1, 0.15) is 6.92 Å². The summed E-state index contributed by atoms with van der Waals surface area (Å²) in [4.78, 5) is 25.7. The lowest BCUT2D eigenvalue weighted by atomic mass is 10.5. The Kier molecular flexibility index (Phi) is 3.86. The molecular weight excluding hydrogens is 318 g/mol. The lowest BCUT2D eigenvalue weighted by molar-refractivity contribution is -0.128. The predicted molar refractivity (Wildman–Crippen MR) is 73.2 cm³/mol. The fraction of sp³-hybridized carbons (Fsp3) is 0.400. The normalized spacial score (nSPS) is 10.9. The molecular formula is C10H12BrN5OS. The van der Waals surface area contributed by atoms with Gasteiger partial charge in [-0.25, -0.2) is 15.0 Å². The molecule has 1 amide bonds. The largest absolute Gasteiger partial charge is 0.328 e. The average molecular weight is 330 g/mol. The molecule has 6 nitrogen and oxygen atoms in total. The second-order valence-electron chi connectivity index (χ2n) is 3.75. The molecule has 2 aromatic rings. The third-order valence-corrected chi connectivity index (χ3v) is 3.53. The predicted octanol–water partition coefficient (Wildman–Crippen LogP) is 1.75. The van der Waals surface area contributed by atoms with E-state index in [1.807, 2.05) is 10.8 Å². The van der Waals surface area contributed by atoms with Crippen LogP contribution in [0.4, 0.5) is 0 Å². The number of rotatable bonds is 3. The van der Waals surface area contributed by atoms with Crippen LogP contribution >= 0.6 is 27.7 Å². The highest BCUT2D eigenvalue weighted by Crippen LogP contribution is 2.23. The van der Waals surface area contributed by atoms with E-state index in [1.165, 1.54) is 18.7 Å². The van der Waals surface area contributed by atoms with Gasteiger partial charge in [0.25, 0.3) is 0 Å². The van der Waals surface area contributed by atoms with Crippen molar-refractivity contribution < 1.29 is 4.79 Å². The molecule has 0 saturated carbocycles. The minimum absolute atomic E-state index is 0.00457. The number of nitrogens with zero attached hydrogens (tertiary/aromatic N) is 5. The monoisotopic (exact) mass is 329 g/mol. The number of carbonyl (C=O) groups excluding carboxylic acids is 1. The first kappa shape index (κ1) is 13.3. The number of halogens is 1. The number of carbonyl (C=O) groups is 1. The van der Waals surface area contributed by atoms with Crippen molar-refractivity contribution in [3.63, 3.8) is 0 Å². The van der Waals surface area contributed by atoms with Crippen LogP contribution in [-0.2, 0) is 11.5 Å². The first-order valence-electron chi connectivity index (χ1n) is 5.17. The summed E-state index contributed by atoms with van der Waals surface area (Å²) in [5.74, 6) is -0.00457. The van der Waals surface area contributed by atoms with Gasteiger partial charge in [0.2, 0.25) is 5.91 Å². The molecule has 2 rings (SSSR count). The molecule has 96 valence electrons. The lowest BCUT2D eigenvalue weighted by Gasteiger charge is -2.15. The molecule has 0 N–H and O–H groups in total. The van der Waals surface area contributed by atoms with E-state index in [-0.39, 0.29) is 5.91 Å². The van der Waals surface area contributed by atoms with Gasteiger partial charge in [0, 0.05) is 14.0 Å². The van der Waals surface area contributed by atoms with E-state index in [2.05, 4.69) is 30.9 Å². The van der Waals surface area contributed by atoms with Gasteiger partial charge in [-0.15, -0.1) is 11.8 Å². The average Bonchev–Trinajstić information content (AvgIpc) is 2.71. The van der Waals surface area contributed by atoms with Gasteiger partial charge in [0.05, 0.1) is 13.0 Å². The molecule has 0 atom stereocenters. The highest BCUT2D eigenvalue weighted by atomic mass is 79.9. The van der Waals surface area contributed by atoms with Crippen LogP contribution in [0.15, 0.2) is 16.1 Å². The number of thioether (sulfide) groups is 1. The summed E-state index contributed by atoms with van der Waals surface area (Å²) >= 11 is 4.79. The summed E-state index contributed by atoms with van der Waals surface area (Å²) in [5.41, 5.74) is 1.47. The zero-order valence-electron chi connectivity index (χ0n) is 10.2. The van der Waals surface area contributed by atoms with E-state index in [4.69, 9.17) is 0 Å². The first-order chi connectivity index (χ1) is 8.52. The molecule has 2 aromatic heterocycles. The summed E-state index contributed by atoms with van der Waals surface area (Å²) in [5, 5.41) is 0.816. The topological polar surface area (TPSA) is 63.9 Å². The Labute approximate surface area is 117 Å². The molecule has 0 saturated heterocycles. The van der Waals surface area contributed by atoms with E-state index in [0.29, 0.717) is 17.0 Å². The van der Waals surface area contributed by atoms with E-state index in [0.717, 1.165) is 10.5 Å². The highest BCUT2D eigenvalue weighted by Gasteiger charge is 2.13. The quantitative estimate of drug-likeness (QED) is 0.487. The maximum absolute atomic E-state index is 11.2. The third-order valence-electron chi connectivity index (χ3n) is 2.50. The van der Waals surface area contributed by atoms with Crippen molar-refractivity contribution in [3.05, 3.63) is 11.1 Å². The van der Waals surface area contributed by atoms with Gasteiger partial charge in [-0.1, -0.05) is 0 Å². The lowest BCUT2D eigenvalue weighted by Crippen LogP contribution is -2.26. The van der Waals surface area contributed by atoms with Crippen molar-refractivity contribution in [3.8, 4) is 0 Å². The van der Waals surface area contributed by atoms with E-state index >= 15 is 0 Å². The second kappa shape index (κ2) is 5.23. The zero-order valence-corrected chi connectivity index (χ0v) is 12.6. The van der Waals surface area contributed by atoms with Crippen molar-refractivity contribution >= 4 is 44.8 Å². The number of hydrogen-bond donors (Lipinski definition) is 0. The smallest absolute Gasteiger partial charge is 0.220 e. The van der Waals surface area contributed by atoms with E-state index in [1.54, 1.807) is 18.3 Å². The molecule has 8 heteroatoms. The number of imidazole rings is 1. The summed E-state index contributed by atoms with van der Waals surface area (Å²) in [7, 11) is 1.74. The number of fused-ring (bicyclic) bond motifs is 1. The molecule has 18 heavy (non-hydrogen) atoms. The van der Waals surface area contributed by atoms with Crippen LogP contribution in [0, 0.1) is 0 Å². The van der Waals surface area contributed by atoms with Gasteiger partial charge in [-0.05, 0) is 22.2 Å². The molecule has 0 spiro atoms. The number of hydrogen-bond acceptors (Lipinski definition) is 5. The van der Waals surface area contributed by atoms with Gasteiger partial charge in [-0.2, -0.15) is 0 Å². The number of amides is 1. The molecule has 0 radical (unpaired) electrons. The van der Waals surface area contributed by atoms with Crippen molar-refractivity contribution in [2.24, 2.45) is 0 Å². The van der Waals surface area contributed by atoms with Gasteiger partial charge >= 0.3 is 0 Å². The van der Waals surface area contributed by atoms with Crippen LogP contribution in [0.3, 0.4) is 0 Å². The summed E-state index contributed by atoms with van der Waals surface area (Å²) in [6, 6.07) is 0. The SMILES string of the molecule is CSc1nc(Br)nc2c1ncn2CN(C)C(C)=O. The van der Waals surface area contributed by atoms with Crippen molar-refractivity contribution in [2.45, 2.75) is 18.6 Å². The highest BCUT2D eigenvalue weighted by molar-refractivity contribution is 9.10. The van der Waals surface area contributed by atoms with E-state index in [9.17, 15) is 4.79 Å². The second-order valence-corrected chi connectivity index (χ2v) is 5.25. The molecule has 0 unspecified atom stereocenters. The fourth-order valence-electron chi connectivity index (χ4n) is 1.47. The van der Waals surface area contributed by atoms with Crippen LogP contribution in [0.2, 0.25) is 0 Å². The van der Waals surface area contributed by atoms with Crippen LogP contribution < -0.4 is 0 Å². The van der Waals surface area contributed by atoms with Gasteiger partial charge < -0.3 is 4.90 Å². The van der Waals surface area contributed by atoms with Crippen molar-refractivity contribution in [1.29, 1.82) is 0 Å². The Morgan fingerprint density at radius 1 is 1.56 bits per heavy atom. The first-order valence-corrected chi connectivity index (χ1v) is 7.18. The Bertz CT molecular complexity index is 599. The Morgan fingerprint density at radius 3 is 2.89 bits per heavy atom. The third kappa shape index (κ3) is 2.49. The molecule has 0 aliphatic heterocycles. The molecule has 0 aromatic carbocycles.